The molecule has 0 atom stereocenters. The number of hydrogen-bond donors (Lipinski definition) is 3. The highest BCUT2D eigenvalue weighted by Crippen LogP contribution is 2.32. The first-order chi connectivity index (χ1) is 22.6. The van der Waals surface area contributed by atoms with E-state index in [-0.39, 0.29) is 17.4 Å². The van der Waals surface area contributed by atoms with Crippen molar-refractivity contribution in [3.63, 3.8) is 0 Å². The smallest absolute Gasteiger partial charge is 0.272 e. The summed E-state index contributed by atoms with van der Waals surface area (Å²) in [6.07, 6.45) is 1.63. The van der Waals surface area contributed by atoms with Gasteiger partial charge in [-0.3, -0.25) is 14.4 Å². The van der Waals surface area contributed by atoms with Crippen LogP contribution < -0.4 is 20.9 Å². The van der Waals surface area contributed by atoms with Crippen molar-refractivity contribution < 1.29 is 14.4 Å². The van der Waals surface area contributed by atoms with Crippen LogP contribution in [0.1, 0.15) is 15.9 Å². The van der Waals surface area contributed by atoms with E-state index in [0.29, 0.717) is 32.1 Å². The molecule has 5 rings (SSSR count). The summed E-state index contributed by atoms with van der Waals surface area (Å²) in [6, 6.07) is 28.6. The number of thiazole rings is 1. The number of anilines is 3. The van der Waals surface area contributed by atoms with Crippen LogP contribution in [0.5, 0.6) is 0 Å². The van der Waals surface area contributed by atoms with E-state index < -0.39 is 11.8 Å². The summed E-state index contributed by atoms with van der Waals surface area (Å²) < 4.78 is 0. The van der Waals surface area contributed by atoms with Crippen molar-refractivity contribution in [1.29, 1.82) is 0 Å². The van der Waals surface area contributed by atoms with Crippen molar-refractivity contribution in [3.05, 3.63) is 129 Å². The third kappa shape index (κ3) is 9.46. The molecular formula is C35H29Cl2N5O3S2. The third-order valence-corrected chi connectivity index (χ3v) is 9.01. The maximum atomic E-state index is 13.4. The standard InChI is InChI=1S/C35H29Cl2N5O3S2/c1-42(2)26-13-8-22(9-14-26)18-30(39-33(44)23-6-4-3-5-7-23)34(45)38-25-11-15-27(16-12-25)46-21-32(43)41-35-40-31(20-47-35)28-17-10-24(36)19-29(28)37/h3-20H,21H2,1-2H3,(H,38,45)(H,39,44)(H,40,41,43)/b30-18-. The Morgan fingerprint density at radius 2 is 1.62 bits per heavy atom. The molecule has 0 saturated heterocycles. The molecule has 4 aromatic carbocycles. The molecule has 0 saturated carbocycles. The second-order valence-corrected chi connectivity index (χ2v) is 13.1. The Hall–Kier alpha value is -4.61. The zero-order valence-corrected chi connectivity index (χ0v) is 28.4. The van der Waals surface area contributed by atoms with Crippen molar-refractivity contribution in [2.24, 2.45) is 0 Å². The van der Waals surface area contributed by atoms with E-state index in [0.717, 1.165) is 21.7 Å². The zero-order valence-electron chi connectivity index (χ0n) is 25.3. The van der Waals surface area contributed by atoms with E-state index in [1.54, 1.807) is 60.7 Å². The Morgan fingerprint density at radius 3 is 2.30 bits per heavy atom. The third-order valence-electron chi connectivity index (χ3n) is 6.69. The summed E-state index contributed by atoms with van der Waals surface area (Å²) in [6.45, 7) is 0. The van der Waals surface area contributed by atoms with Crippen molar-refractivity contribution >= 4 is 86.6 Å². The van der Waals surface area contributed by atoms with Gasteiger partial charge in [0.2, 0.25) is 5.91 Å². The van der Waals surface area contributed by atoms with Crippen molar-refractivity contribution in [2.45, 2.75) is 4.90 Å². The first-order valence-corrected chi connectivity index (χ1v) is 16.9. The molecule has 0 radical (unpaired) electrons. The van der Waals surface area contributed by atoms with Crippen LogP contribution in [0.25, 0.3) is 17.3 Å². The SMILES string of the molecule is CN(C)c1ccc(/C=C(\NC(=O)c2ccccc2)C(=O)Nc2ccc(SCC(=O)Nc3nc(-c4ccc(Cl)cc4Cl)cs3)cc2)cc1. The maximum Gasteiger partial charge on any atom is 0.272 e. The van der Waals surface area contributed by atoms with Gasteiger partial charge in [0.15, 0.2) is 5.13 Å². The molecule has 5 aromatic rings. The lowest BCUT2D eigenvalue weighted by Gasteiger charge is -2.13. The number of benzene rings is 4. The molecule has 0 bridgehead atoms. The molecule has 47 heavy (non-hydrogen) atoms. The van der Waals surface area contributed by atoms with Crippen LogP contribution >= 0.6 is 46.3 Å². The number of thioether (sulfide) groups is 1. The number of rotatable bonds is 11. The number of nitrogens with one attached hydrogen (secondary N) is 3. The number of amides is 3. The van der Waals surface area contributed by atoms with Crippen LogP contribution in [-0.2, 0) is 9.59 Å². The van der Waals surface area contributed by atoms with E-state index in [4.69, 9.17) is 23.2 Å². The van der Waals surface area contributed by atoms with Crippen LogP contribution in [0.4, 0.5) is 16.5 Å². The van der Waals surface area contributed by atoms with E-state index in [1.807, 2.05) is 66.8 Å². The summed E-state index contributed by atoms with van der Waals surface area (Å²) in [4.78, 5) is 46.2. The predicted octanol–water partition coefficient (Wildman–Crippen LogP) is 8.32. The lowest BCUT2D eigenvalue weighted by molar-refractivity contribution is -0.114. The first kappa shape index (κ1) is 33.7. The van der Waals surface area contributed by atoms with Crippen molar-refractivity contribution in [1.82, 2.24) is 10.3 Å². The molecule has 3 N–H and O–H groups in total. The minimum atomic E-state index is -0.478. The van der Waals surface area contributed by atoms with Gasteiger partial charge >= 0.3 is 0 Å². The Morgan fingerprint density at radius 1 is 0.894 bits per heavy atom. The van der Waals surface area contributed by atoms with E-state index in [9.17, 15) is 14.4 Å². The van der Waals surface area contributed by atoms with Gasteiger partial charge in [-0.05, 0) is 78.4 Å². The second-order valence-electron chi connectivity index (χ2n) is 10.3. The number of carbonyl (C=O) groups excluding carboxylic acids is 3. The summed E-state index contributed by atoms with van der Waals surface area (Å²) >= 11 is 14.9. The fourth-order valence-electron chi connectivity index (χ4n) is 4.27. The zero-order chi connectivity index (χ0) is 33.3. The van der Waals surface area contributed by atoms with Gasteiger partial charge in [0.05, 0.1) is 16.5 Å². The molecule has 238 valence electrons. The van der Waals surface area contributed by atoms with Crippen LogP contribution in [0, 0.1) is 0 Å². The molecule has 0 unspecified atom stereocenters. The first-order valence-electron chi connectivity index (χ1n) is 14.2. The molecule has 0 aliphatic rings. The van der Waals surface area contributed by atoms with Gasteiger partial charge in [-0.15, -0.1) is 23.1 Å². The summed E-state index contributed by atoms with van der Waals surface area (Å²) in [7, 11) is 3.89. The molecule has 0 aliphatic carbocycles. The monoisotopic (exact) mass is 701 g/mol. The van der Waals surface area contributed by atoms with Gasteiger partial charge in [0.1, 0.15) is 5.70 Å². The van der Waals surface area contributed by atoms with E-state index >= 15 is 0 Å². The summed E-state index contributed by atoms with van der Waals surface area (Å²) in [5, 5.41) is 11.7. The van der Waals surface area contributed by atoms with E-state index in [2.05, 4.69) is 20.9 Å². The Balaban J connectivity index is 1.20. The molecule has 12 heteroatoms. The van der Waals surface area contributed by atoms with Crippen molar-refractivity contribution in [3.8, 4) is 11.3 Å². The van der Waals surface area contributed by atoms with Gasteiger partial charge in [0.25, 0.3) is 11.8 Å². The van der Waals surface area contributed by atoms with Crippen LogP contribution in [0.15, 0.2) is 113 Å². The number of hydrogen-bond acceptors (Lipinski definition) is 7. The molecule has 0 aliphatic heterocycles. The van der Waals surface area contributed by atoms with Gasteiger partial charge in [0, 0.05) is 51.9 Å². The lowest BCUT2D eigenvalue weighted by Crippen LogP contribution is -2.30. The maximum absolute atomic E-state index is 13.4. The molecule has 0 fully saturated rings. The van der Waals surface area contributed by atoms with Gasteiger partial charge < -0.3 is 20.9 Å². The minimum absolute atomic E-state index is 0.0928. The van der Waals surface area contributed by atoms with Gasteiger partial charge in [-0.2, -0.15) is 0 Å². The average molecular weight is 703 g/mol. The summed E-state index contributed by atoms with van der Waals surface area (Å²) in [5.74, 6) is -0.927. The van der Waals surface area contributed by atoms with Crippen LogP contribution in [0.2, 0.25) is 10.0 Å². The number of halogens is 2. The molecule has 3 amide bonds. The quantitative estimate of drug-likeness (QED) is 0.0945. The normalized spacial score (nSPS) is 11.1. The molecular weight excluding hydrogens is 673 g/mol. The highest BCUT2D eigenvalue weighted by molar-refractivity contribution is 8.00. The number of carbonyl (C=O) groups is 3. The highest BCUT2D eigenvalue weighted by Gasteiger charge is 2.16. The Bertz CT molecular complexity index is 1910. The lowest BCUT2D eigenvalue weighted by atomic mass is 10.1. The van der Waals surface area contributed by atoms with Gasteiger partial charge in [-0.25, -0.2) is 4.98 Å². The second kappa shape index (κ2) is 15.8. The number of nitrogens with zero attached hydrogens (tertiary/aromatic N) is 2. The predicted molar refractivity (Wildman–Crippen MR) is 195 cm³/mol. The topological polar surface area (TPSA) is 103 Å². The van der Waals surface area contributed by atoms with Gasteiger partial charge in [-0.1, -0.05) is 53.5 Å². The largest absolute Gasteiger partial charge is 0.378 e. The summed E-state index contributed by atoms with van der Waals surface area (Å²) in [5.41, 5.74) is 4.20. The average Bonchev–Trinajstić information content (AvgIpc) is 3.52. The minimum Gasteiger partial charge on any atom is -0.378 e. The van der Waals surface area contributed by atoms with Crippen LogP contribution in [-0.4, -0.2) is 42.6 Å². The fraction of sp³-hybridized carbons (Fsp3) is 0.0857. The Labute approximate surface area is 290 Å². The molecule has 1 aromatic heterocycles. The highest BCUT2D eigenvalue weighted by atomic mass is 35.5. The number of aromatic nitrogens is 1. The molecule has 1 heterocycles. The van der Waals surface area contributed by atoms with Crippen molar-refractivity contribution in [2.75, 3.05) is 35.4 Å². The van der Waals surface area contributed by atoms with Crippen LogP contribution in [0.3, 0.4) is 0 Å². The molecule has 8 nitrogen and oxygen atoms in total. The Kier molecular flexibility index (Phi) is 11.3. The van der Waals surface area contributed by atoms with E-state index in [1.165, 1.54) is 23.1 Å². The fourth-order valence-corrected chi connectivity index (χ4v) is 6.20. The molecule has 0 spiro atoms.